The smallest absolute Gasteiger partial charge is 0.272 e. The quantitative estimate of drug-likeness (QED) is 0.100. The highest BCUT2D eigenvalue weighted by atomic mass is 32.2. The van der Waals surface area contributed by atoms with E-state index in [0.29, 0.717) is 47.0 Å². The number of ether oxygens (including phenoxy) is 3. The van der Waals surface area contributed by atoms with Gasteiger partial charge in [-0.3, -0.25) is 14.4 Å². The molecule has 1 unspecified atom stereocenters. The molecule has 4 aromatic rings. The molecule has 3 N–H and O–H groups in total. The van der Waals surface area contributed by atoms with Crippen LogP contribution >= 0.6 is 11.8 Å². The molecule has 4 rings (SSSR count). The second-order valence-corrected chi connectivity index (χ2v) is 11.2. The second kappa shape index (κ2) is 16.7. The Morgan fingerprint density at radius 2 is 1.52 bits per heavy atom. The molecule has 4 aromatic carbocycles. The van der Waals surface area contributed by atoms with Gasteiger partial charge in [0, 0.05) is 27.4 Å². The van der Waals surface area contributed by atoms with E-state index in [9.17, 15) is 14.4 Å². The first-order valence-electron chi connectivity index (χ1n) is 14.7. The normalized spacial score (nSPS) is 11.6. The van der Waals surface area contributed by atoms with Crippen LogP contribution in [0.15, 0.2) is 108 Å². The number of carbonyl (C=O) groups excluding carboxylic acids is 3. The van der Waals surface area contributed by atoms with Crippen molar-refractivity contribution in [2.45, 2.75) is 30.4 Å². The number of hydrogen-bond donors (Lipinski definition) is 3. The molecule has 0 aromatic heterocycles. The summed E-state index contributed by atoms with van der Waals surface area (Å²) in [6.07, 6.45) is 2.12. The minimum absolute atomic E-state index is 0.000343. The molecule has 0 bridgehead atoms. The largest absolute Gasteiger partial charge is 0.497 e. The van der Waals surface area contributed by atoms with Gasteiger partial charge in [-0.1, -0.05) is 31.2 Å². The van der Waals surface area contributed by atoms with Gasteiger partial charge in [0.15, 0.2) is 0 Å². The van der Waals surface area contributed by atoms with Crippen LogP contribution in [0.2, 0.25) is 0 Å². The van der Waals surface area contributed by atoms with Crippen LogP contribution < -0.4 is 30.2 Å². The van der Waals surface area contributed by atoms with Crippen molar-refractivity contribution in [2.24, 2.45) is 0 Å². The van der Waals surface area contributed by atoms with Crippen LogP contribution in [0.3, 0.4) is 0 Å². The van der Waals surface area contributed by atoms with Gasteiger partial charge < -0.3 is 30.2 Å². The molecule has 0 aliphatic heterocycles. The van der Waals surface area contributed by atoms with Crippen molar-refractivity contribution in [3.63, 3.8) is 0 Å². The molecular formula is C36H37N3O6S. The number of methoxy groups -OCH3 is 2. The van der Waals surface area contributed by atoms with E-state index in [2.05, 4.69) is 16.0 Å². The highest BCUT2D eigenvalue weighted by Gasteiger charge is 2.20. The van der Waals surface area contributed by atoms with E-state index >= 15 is 0 Å². The highest BCUT2D eigenvalue weighted by Crippen LogP contribution is 2.30. The maximum Gasteiger partial charge on any atom is 0.272 e. The van der Waals surface area contributed by atoms with Gasteiger partial charge in [-0.15, -0.1) is 11.8 Å². The lowest BCUT2D eigenvalue weighted by Gasteiger charge is -2.16. The van der Waals surface area contributed by atoms with Crippen molar-refractivity contribution in [3.8, 4) is 17.2 Å². The van der Waals surface area contributed by atoms with Gasteiger partial charge >= 0.3 is 0 Å². The Hall–Kier alpha value is -5.22. The van der Waals surface area contributed by atoms with E-state index in [0.717, 1.165) is 10.6 Å². The Morgan fingerprint density at radius 1 is 0.783 bits per heavy atom. The predicted octanol–water partition coefficient (Wildman–Crippen LogP) is 7.02. The summed E-state index contributed by atoms with van der Waals surface area (Å²) in [6, 6.07) is 28.2. The summed E-state index contributed by atoms with van der Waals surface area (Å²) >= 11 is 1.39. The Kier molecular flexibility index (Phi) is 12.3. The maximum absolute atomic E-state index is 13.7. The Balaban J connectivity index is 1.53. The highest BCUT2D eigenvalue weighted by molar-refractivity contribution is 8.00. The molecule has 0 heterocycles. The fourth-order valence-corrected chi connectivity index (χ4v) is 5.42. The van der Waals surface area contributed by atoms with E-state index in [1.54, 1.807) is 78.9 Å². The fourth-order valence-electron chi connectivity index (χ4n) is 4.41. The monoisotopic (exact) mass is 639 g/mol. The Labute approximate surface area is 273 Å². The number of rotatable bonds is 14. The lowest BCUT2D eigenvalue weighted by molar-refractivity contribution is -0.116. The number of anilines is 2. The second-order valence-electron chi connectivity index (χ2n) is 9.93. The van der Waals surface area contributed by atoms with E-state index in [1.165, 1.54) is 32.1 Å². The van der Waals surface area contributed by atoms with E-state index < -0.39 is 11.8 Å². The fraction of sp³-hybridized carbons (Fsp3) is 0.194. The average molecular weight is 640 g/mol. The lowest BCUT2D eigenvalue weighted by atomic mass is 10.1. The summed E-state index contributed by atoms with van der Waals surface area (Å²) in [4.78, 5) is 40.6. The minimum atomic E-state index is -0.545. The third kappa shape index (κ3) is 9.39. The number of amides is 3. The molecule has 1 atom stereocenters. The molecule has 0 aliphatic rings. The molecule has 0 aliphatic carbocycles. The van der Waals surface area contributed by atoms with Crippen molar-refractivity contribution >= 4 is 46.9 Å². The van der Waals surface area contributed by atoms with Gasteiger partial charge in [0.05, 0.1) is 26.1 Å². The molecule has 9 nitrogen and oxygen atoms in total. The van der Waals surface area contributed by atoms with Gasteiger partial charge in [0.25, 0.3) is 11.8 Å². The Bertz CT molecular complexity index is 1680. The van der Waals surface area contributed by atoms with Gasteiger partial charge in [-0.2, -0.15) is 0 Å². The predicted molar refractivity (Wildman–Crippen MR) is 183 cm³/mol. The average Bonchev–Trinajstić information content (AvgIpc) is 3.08. The maximum atomic E-state index is 13.7. The summed E-state index contributed by atoms with van der Waals surface area (Å²) in [6.45, 7) is 4.43. The molecule has 0 saturated heterocycles. The van der Waals surface area contributed by atoms with Gasteiger partial charge in [0.2, 0.25) is 5.91 Å². The summed E-state index contributed by atoms with van der Waals surface area (Å²) in [5.74, 6) is 0.665. The summed E-state index contributed by atoms with van der Waals surface area (Å²) in [5, 5.41) is 8.21. The zero-order valence-corrected chi connectivity index (χ0v) is 27.0. The van der Waals surface area contributed by atoms with Crippen molar-refractivity contribution in [1.82, 2.24) is 5.32 Å². The van der Waals surface area contributed by atoms with E-state index in [4.69, 9.17) is 14.2 Å². The topological polar surface area (TPSA) is 115 Å². The standard InChI is InChI=1S/C36H37N3O6S/c1-5-33(36(42)37-26-15-17-28(18-16-26)45-6-2)46-30-14-10-13-27(23-30)38-35(41)31(39-34(40)24-11-8-7-9-12-24)22-25-21-29(43-3)19-20-32(25)44-4/h7-23,33H,5-6H2,1-4H3,(H,37,42)(H,38,41)(H,39,40)/b31-22+. The van der Waals surface area contributed by atoms with Gasteiger partial charge in [0.1, 0.15) is 22.9 Å². The van der Waals surface area contributed by atoms with Crippen LogP contribution in [-0.4, -0.2) is 43.8 Å². The number of benzene rings is 4. The zero-order chi connectivity index (χ0) is 32.9. The molecule has 0 radical (unpaired) electrons. The molecule has 46 heavy (non-hydrogen) atoms. The van der Waals surface area contributed by atoms with Crippen LogP contribution in [-0.2, 0) is 9.59 Å². The van der Waals surface area contributed by atoms with Gasteiger partial charge in [-0.05, 0) is 92.2 Å². The molecule has 238 valence electrons. The number of hydrogen-bond acceptors (Lipinski definition) is 7. The number of nitrogens with one attached hydrogen (secondary N) is 3. The Morgan fingerprint density at radius 3 is 2.20 bits per heavy atom. The first-order valence-corrected chi connectivity index (χ1v) is 15.6. The van der Waals surface area contributed by atoms with Crippen LogP contribution in [0.5, 0.6) is 17.2 Å². The molecule has 10 heteroatoms. The zero-order valence-electron chi connectivity index (χ0n) is 26.2. The van der Waals surface area contributed by atoms with Gasteiger partial charge in [-0.25, -0.2) is 0 Å². The number of thioether (sulfide) groups is 1. The third-order valence-electron chi connectivity index (χ3n) is 6.73. The molecule has 0 fully saturated rings. The summed E-state index contributed by atoms with van der Waals surface area (Å²) in [7, 11) is 3.06. The molecule has 0 saturated carbocycles. The van der Waals surface area contributed by atoms with Crippen LogP contribution in [0.4, 0.5) is 11.4 Å². The van der Waals surface area contributed by atoms with Crippen molar-refractivity contribution in [1.29, 1.82) is 0 Å². The van der Waals surface area contributed by atoms with E-state index in [-0.39, 0.29) is 16.9 Å². The van der Waals surface area contributed by atoms with E-state index in [1.807, 2.05) is 32.0 Å². The van der Waals surface area contributed by atoms with Crippen molar-refractivity contribution < 1.29 is 28.6 Å². The SMILES string of the molecule is CCOc1ccc(NC(=O)C(CC)Sc2cccc(NC(=O)/C(=C\c3cc(OC)ccc3OC)NC(=O)c3ccccc3)c2)cc1. The summed E-state index contributed by atoms with van der Waals surface area (Å²) < 4.78 is 16.3. The third-order valence-corrected chi connectivity index (χ3v) is 8.09. The summed E-state index contributed by atoms with van der Waals surface area (Å²) in [5.41, 5.74) is 2.10. The van der Waals surface area contributed by atoms with Crippen LogP contribution in [0.25, 0.3) is 6.08 Å². The first-order chi connectivity index (χ1) is 22.3. The first kappa shape index (κ1) is 33.7. The minimum Gasteiger partial charge on any atom is -0.497 e. The molecule has 3 amide bonds. The lowest BCUT2D eigenvalue weighted by Crippen LogP contribution is -2.30. The van der Waals surface area contributed by atoms with Crippen molar-refractivity contribution in [2.75, 3.05) is 31.5 Å². The molecule has 0 spiro atoms. The number of carbonyl (C=O) groups is 3. The van der Waals surface area contributed by atoms with Crippen LogP contribution in [0.1, 0.15) is 36.2 Å². The van der Waals surface area contributed by atoms with Crippen molar-refractivity contribution in [3.05, 3.63) is 114 Å². The van der Waals surface area contributed by atoms with Crippen LogP contribution in [0, 0.1) is 0 Å². The molecular weight excluding hydrogens is 602 g/mol.